The number of hydrogen-bond acceptors (Lipinski definition) is 2. The van der Waals surface area contributed by atoms with Crippen LogP contribution in [-0.4, -0.2) is 18.5 Å². The first-order chi connectivity index (χ1) is 11.6. The molecule has 24 heavy (non-hydrogen) atoms. The van der Waals surface area contributed by atoms with Gasteiger partial charge < -0.3 is 4.74 Å². The number of rotatable bonds is 2. The van der Waals surface area contributed by atoms with Gasteiger partial charge in [-0.2, -0.15) is 0 Å². The number of carbonyl (C=O) groups excluding carboxylic acids is 1. The second kappa shape index (κ2) is 5.26. The highest BCUT2D eigenvalue weighted by molar-refractivity contribution is 5.98. The van der Waals surface area contributed by atoms with Crippen molar-refractivity contribution in [2.75, 3.05) is 6.61 Å². The van der Waals surface area contributed by atoms with Crippen LogP contribution < -0.4 is 0 Å². The van der Waals surface area contributed by atoms with Crippen LogP contribution in [-0.2, 0) is 9.53 Å². The molecule has 4 heteroatoms. The zero-order valence-corrected chi connectivity index (χ0v) is 13.1. The smallest absolute Gasteiger partial charge is 0.331 e. The summed E-state index contributed by atoms with van der Waals surface area (Å²) in [6.07, 6.45) is 1.42. The summed E-state index contributed by atoms with van der Waals surface area (Å²) in [5.41, 5.74) is 3.21. The Labute approximate surface area is 138 Å². The van der Waals surface area contributed by atoms with E-state index in [1.165, 1.54) is 6.08 Å². The summed E-state index contributed by atoms with van der Waals surface area (Å²) in [6, 6.07) is 14.2. The van der Waals surface area contributed by atoms with Crippen LogP contribution >= 0.6 is 0 Å². The third-order valence-corrected chi connectivity index (χ3v) is 4.77. The van der Waals surface area contributed by atoms with Crippen molar-refractivity contribution in [3.05, 3.63) is 76.9 Å². The van der Waals surface area contributed by atoms with Gasteiger partial charge in [-0.25, -0.2) is 13.6 Å². The lowest BCUT2D eigenvalue weighted by molar-refractivity contribution is -0.137. The molecule has 4 rings (SSSR count). The number of carbonyl (C=O) groups is 1. The molecule has 2 unspecified atom stereocenters. The van der Waals surface area contributed by atoms with E-state index in [0.717, 1.165) is 0 Å². The number of esters is 1. The highest BCUT2D eigenvalue weighted by atomic mass is 19.3. The molecule has 0 N–H and O–H groups in total. The first-order valence-corrected chi connectivity index (χ1v) is 8.00. The van der Waals surface area contributed by atoms with Crippen molar-refractivity contribution in [1.82, 2.24) is 0 Å². The van der Waals surface area contributed by atoms with E-state index in [9.17, 15) is 13.6 Å². The van der Waals surface area contributed by atoms with Gasteiger partial charge in [-0.05, 0) is 34.8 Å². The lowest BCUT2D eigenvalue weighted by atomic mass is 9.91. The maximum Gasteiger partial charge on any atom is 0.331 e. The maximum absolute atomic E-state index is 14.4. The molecule has 0 heterocycles. The van der Waals surface area contributed by atoms with Crippen molar-refractivity contribution in [1.29, 1.82) is 0 Å². The van der Waals surface area contributed by atoms with Crippen LogP contribution in [0.15, 0.2) is 54.6 Å². The summed E-state index contributed by atoms with van der Waals surface area (Å²) in [7, 11) is 0. The van der Waals surface area contributed by atoms with E-state index in [0.29, 0.717) is 27.8 Å². The monoisotopic (exact) mass is 326 g/mol. The Kier molecular flexibility index (Phi) is 3.30. The largest absolute Gasteiger partial charge is 0.463 e. The Morgan fingerprint density at radius 3 is 2.04 bits per heavy atom. The predicted molar refractivity (Wildman–Crippen MR) is 87.0 cm³/mol. The van der Waals surface area contributed by atoms with Crippen LogP contribution in [0, 0.1) is 0 Å². The number of hydrogen-bond donors (Lipinski definition) is 0. The van der Waals surface area contributed by atoms with E-state index < -0.39 is 23.7 Å². The average molecular weight is 326 g/mol. The Balaban J connectivity index is 1.97. The van der Waals surface area contributed by atoms with Gasteiger partial charge in [0.2, 0.25) is 0 Å². The molecule has 2 nitrogen and oxygen atoms in total. The fourth-order valence-electron chi connectivity index (χ4n) is 3.73. The molecule has 2 aliphatic carbocycles. The standard InChI is InChI=1S/C20H16F2O2/c1-2-24-17(23)11-16-12-7-3-5-9-14(12)18-19(20(18,21)22)15-10-6-4-8-13(15)16/h3-11,18-19H,2H2,1H3. The van der Waals surface area contributed by atoms with Gasteiger partial charge >= 0.3 is 5.97 Å². The summed E-state index contributed by atoms with van der Waals surface area (Å²) in [4.78, 5) is 12.0. The van der Waals surface area contributed by atoms with E-state index in [1.807, 2.05) is 0 Å². The Morgan fingerprint density at radius 2 is 1.54 bits per heavy atom. The second-order valence-electron chi connectivity index (χ2n) is 6.11. The fourth-order valence-corrected chi connectivity index (χ4v) is 3.73. The van der Waals surface area contributed by atoms with Gasteiger partial charge in [0.15, 0.2) is 0 Å². The molecule has 2 atom stereocenters. The summed E-state index contributed by atoms with van der Waals surface area (Å²) >= 11 is 0. The minimum absolute atomic E-state index is 0.273. The zero-order valence-electron chi connectivity index (χ0n) is 13.1. The number of alkyl halides is 2. The molecule has 1 saturated carbocycles. The summed E-state index contributed by atoms with van der Waals surface area (Å²) < 4.78 is 33.9. The molecule has 0 aliphatic heterocycles. The maximum atomic E-state index is 14.4. The lowest BCUT2D eigenvalue weighted by Crippen LogP contribution is -2.06. The van der Waals surface area contributed by atoms with Gasteiger partial charge in [0.25, 0.3) is 5.92 Å². The summed E-state index contributed by atoms with van der Waals surface area (Å²) in [5, 5.41) is 0. The summed E-state index contributed by atoms with van der Waals surface area (Å²) in [5.74, 6) is -4.87. The van der Waals surface area contributed by atoms with E-state index in [4.69, 9.17) is 4.74 Å². The highest BCUT2D eigenvalue weighted by Crippen LogP contribution is 2.70. The van der Waals surface area contributed by atoms with Crippen molar-refractivity contribution in [3.63, 3.8) is 0 Å². The van der Waals surface area contributed by atoms with E-state index in [1.54, 1.807) is 55.5 Å². The number of ether oxygens (including phenoxy) is 1. The third kappa shape index (κ3) is 2.09. The molecule has 122 valence electrons. The minimum Gasteiger partial charge on any atom is -0.463 e. The normalized spacial score (nSPS) is 22.5. The molecule has 2 aliphatic rings. The average Bonchev–Trinajstić information content (AvgIpc) is 3.18. The third-order valence-electron chi connectivity index (χ3n) is 4.77. The van der Waals surface area contributed by atoms with Crippen LogP contribution in [0.3, 0.4) is 0 Å². The van der Waals surface area contributed by atoms with Crippen LogP contribution in [0.2, 0.25) is 0 Å². The Morgan fingerprint density at radius 1 is 1.04 bits per heavy atom. The van der Waals surface area contributed by atoms with Crippen LogP contribution in [0.5, 0.6) is 0 Å². The predicted octanol–water partition coefficient (Wildman–Crippen LogP) is 4.51. The van der Waals surface area contributed by atoms with Gasteiger partial charge in [-0.1, -0.05) is 48.5 Å². The van der Waals surface area contributed by atoms with Gasteiger partial charge in [0.05, 0.1) is 18.4 Å². The molecule has 1 fully saturated rings. The highest BCUT2D eigenvalue weighted by Gasteiger charge is 2.70. The molecule has 2 aromatic rings. The topological polar surface area (TPSA) is 26.3 Å². The van der Waals surface area contributed by atoms with Crippen molar-refractivity contribution < 1.29 is 18.3 Å². The van der Waals surface area contributed by atoms with Crippen molar-refractivity contribution in [2.45, 2.75) is 24.7 Å². The molecule has 0 saturated heterocycles. The fraction of sp³-hybridized carbons (Fsp3) is 0.250. The van der Waals surface area contributed by atoms with Gasteiger partial charge in [0, 0.05) is 6.08 Å². The van der Waals surface area contributed by atoms with Crippen molar-refractivity contribution in [3.8, 4) is 0 Å². The molecule has 2 aromatic carbocycles. The number of halogens is 2. The quantitative estimate of drug-likeness (QED) is 0.599. The van der Waals surface area contributed by atoms with E-state index in [2.05, 4.69) is 0 Å². The Hall–Kier alpha value is -2.49. The lowest BCUT2D eigenvalue weighted by Gasteiger charge is -2.15. The molecule has 0 amide bonds. The minimum atomic E-state index is -2.75. The van der Waals surface area contributed by atoms with Crippen molar-refractivity contribution >= 4 is 11.5 Å². The SMILES string of the molecule is CCOC(=O)C=C1c2ccccc2C2C(c3ccccc31)C2(F)F. The van der Waals surface area contributed by atoms with E-state index in [-0.39, 0.29) is 6.61 Å². The molecule has 0 radical (unpaired) electrons. The van der Waals surface area contributed by atoms with Crippen LogP contribution in [0.4, 0.5) is 8.78 Å². The number of benzene rings is 2. The van der Waals surface area contributed by atoms with Crippen molar-refractivity contribution in [2.24, 2.45) is 0 Å². The molecule has 0 aromatic heterocycles. The van der Waals surface area contributed by atoms with Gasteiger partial charge in [-0.3, -0.25) is 0 Å². The summed E-state index contributed by atoms with van der Waals surface area (Å²) in [6.45, 7) is 2.01. The molecule has 0 bridgehead atoms. The van der Waals surface area contributed by atoms with E-state index >= 15 is 0 Å². The second-order valence-corrected chi connectivity index (χ2v) is 6.11. The van der Waals surface area contributed by atoms with Gasteiger partial charge in [0.1, 0.15) is 0 Å². The van der Waals surface area contributed by atoms with Crippen LogP contribution in [0.1, 0.15) is 41.0 Å². The molecular weight excluding hydrogens is 310 g/mol. The first kappa shape index (κ1) is 15.1. The Bertz CT molecular complexity index is 797. The molecule has 0 spiro atoms. The zero-order chi connectivity index (χ0) is 16.9. The number of fused-ring (bicyclic) bond motifs is 5. The first-order valence-electron chi connectivity index (χ1n) is 8.00. The van der Waals surface area contributed by atoms with Gasteiger partial charge in [-0.15, -0.1) is 0 Å². The van der Waals surface area contributed by atoms with Crippen LogP contribution in [0.25, 0.3) is 5.57 Å². The molecular formula is C20H16F2O2.